The predicted molar refractivity (Wildman–Crippen MR) is 72.3 cm³/mol. The molecule has 2 aromatic rings. The predicted octanol–water partition coefficient (Wildman–Crippen LogP) is 1.48. The summed E-state index contributed by atoms with van der Waals surface area (Å²) in [5, 5.41) is 6.79. The minimum Gasteiger partial charge on any atom is -0.361 e. The quantitative estimate of drug-likeness (QED) is 0.920. The van der Waals surface area contributed by atoms with E-state index in [4.69, 9.17) is 4.52 Å². The second-order valence-corrected chi connectivity index (χ2v) is 5.30. The van der Waals surface area contributed by atoms with Crippen LogP contribution in [0.2, 0.25) is 0 Å². The van der Waals surface area contributed by atoms with Crippen LogP contribution in [0.15, 0.2) is 16.9 Å². The Bertz CT molecular complexity index is 609. The van der Waals surface area contributed by atoms with Gasteiger partial charge < -0.3 is 14.4 Å². The first-order chi connectivity index (χ1) is 9.65. The fourth-order valence-electron chi connectivity index (χ4n) is 2.72. The largest absolute Gasteiger partial charge is 0.361 e. The van der Waals surface area contributed by atoms with Gasteiger partial charge in [-0.25, -0.2) is 4.98 Å². The summed E-state index contributed by atoms with van der Waals surface area (Å²) < 4.78 is 7.19. The fourth-order valence-corrected chi connectivity index (χ4v) is 2.72. The standard InChI is InChI=1S/C14H18N4O2/c1-9-13(10(2)20-17-9)14(19)16-8-11-3-5-18-6-4-15-12(18)7-11/h4,6,11H,3,5,7-8H2,1-2H3,(H,16,19)/t11-/m0/s1. The average Bonchev–Trinajstić information content (AvgIpc) is 3.02. The van der Waals surface area contributed by atoms with Crippen molar-refractivity contribution in [1.29, 1.82) is 0 Å². The molecule has 0 aliphatic carbocycles. The number of hydrogen-bond donors (Lipinski definition) is 1. The highest BCUT2D eigenvalue weighted by Crippen LogP contribution is 2.19. The molecule has 3 heterocycles. The maximum Gasteiger partial charge on any atom is 0.256 e. The number of aromatic nitrogens is 3. The number of carbonyl (C=O) groups excluding carboxylic acids is 1. The van der Waals surface area contributed by atoms with Crippen LogP contribution in [0.5, 0.6) is 0 Å². The number of amides is 1. The van der Waals surface area contributed by atoms with Crippen LogP contribution in [0.1, 0.15) is 34.1 Å². The number of imidazole rings is 1. The molecule has 0 saturated heterocycles. The van der Waals surface area contributed by atoms with E-state index in [1.807, 2.05) is 12.4 Å². The van der Waals surface area contributed by atoms with Gasteiger partial charge in [-0.1, -0.05) is 5.16 Å². The third kappa shape index (κ3) is 2.33. The molecule has 0 spiro atoms. The highest BCUT2D eigenvalue weighted by atomic mass is 16.5. The Morgan fingerprint density at radius 3 is 3.15 bits per heavy atom. The monoisotopic (exact) mass is 274 g/mol. The highest BCUT2D eigenvalue weighted by molar-refractivity contribution is 5.96. The lowest BCUT2D eigenvalue weighted by Gasteiger charge is -2.23. The number of hydrogen-bond acceptors (Lipinski definition) is 4. The normalized spacial score (nSPS) is 17.8. The first-order valence-corrected chi connectivity index (χ1v) is 6.86. The number of rotatable bonds is 3. The second-order valence-electron chi connectivity index (χ2n) is 5.30. The van der Waals surface area contributed by atoms with Gasteiger partial charge in [-0.05, 0) is 26.2 Å². The van der Waals surface area contributed by atoms with Gasteiger partial charge in [0.15, 0.2) is 0 Å². The smallest absolute Gasteiger partial charge is 0.256 e. The number of nitrogens with one attached hydrogen (secondary N) is 1. The van der Waals surface area contributed by atoms with Crippen molar-refractivity contribution in [2.45, 2.75) is 33.2 Å². The average molecular weight is 274 g/mol. The minimum absolute atomic E-state index is 0.102. The topological polar surface area (TPSA) is 73.0 Å². The van der Waals surface area contributed by atoms with Gasteiger partial charge in [0.25, 0.3) is 5.91 Å². The van der Waals surface area contributed by atoms with Crippen molar-refractivity contribution < 1.29 is 9.32 Å². The van der Waals surface area contributed by atoms with Crippen LogP contribution >= 0.6 is 0 Å². The third-order valence-corrected chi connectivity index (χ3v) is 3.86. The van der Waals surface area contributed by atoms with Crippen LogP contribution in [0.25, 0.3) is 0 Å². The first-order valence-electron chi connectivity index (χ1n) is 6.86. The van der Waals surface area contributed by atoms with Gasteiger partial charge in [0.2, 0.25) is 0 Å². The molecule has 106 valence electrons. The molecule has 0 bridgehead atoms. The summed E-state index contributed by atoms with van der Waals surface area (Å²) in [6.45, 7) is 5.17. The molecule has 6 heteroatoms. The molecule has 6 nitrogen and oxygen atoms in total. The van der Waals surface area contributed by atoms with Gasteiger partial charge >= 0.3 is 0 Å². The molecule has 1 aliphatic heterocycles. The molecule has 3 rings (SSSR count). The van der Waals surface area contributed by atoms with E-state index in [1.165, 1.54) is 0 Å². The zero-order valence-corrected chi connectivity index (χ0v) is 11.7. The summed E-state index contributed by atoms with van der Waals surface area (Å²) in [4.78, 5) is 16.5. The van der Waals surface area contributed by atoms with Crippen molar-refractivity contribution in [2.24, 2.45) is 5.92 Å². The lowest BCUT2D eigenvalue weighted by molar-refractivity contribution is 0.0942. The Kier molecular flexibility index (Phi) is 3.30. The molecule has 0 unspecified atom stereocenters. The van der Waals surface area contributed by atoms with Gasteiger partial charge in [-0.3, -0.25) is 4.79 Å². The lowest BCUT2D eigenvalue weighted by atomic mass is 9.97. The van der Waals surface area contributed by atoms with Crippen molar-refractivity contribution in [2.75, 3.05) is 6.54 Å². The van der Waals surface area contributed by atoms with Crippen LogP contribution < -0.4 is 5.32 Å². The van der Waals surface area contributed by atoms with Gasteiger partial charge in [-0.2, -0.15) is 0 Å². The maximum atomic E-state index is 12.2. The Morgan fingerprint density at radius 2 is 2.40 bits per heavy atom. The second kappa shape index (κ2) is 5.11. The van der Waals surface area contributed by atoms with Crippen LogP contribution in [-0.4, -0.2) is 27.2 Å². The van der Waals surface area contributed by atoms with Crippen molar-refractivity contribution >= 4 is 5.91 Å². The van der Waals surface area contributed by atoms with E-state index in [-0.39, 0.29) is 5.91 Å². The van der Waals surface area contributed by atoms with Crippen LogP contribution in [0, 0.1) is 19.8 Å². The van der Waals surface area contributed by atoms with Crippen molar-refractivity contribution in [1.82, 2.24) is 20.0 Å². The number of carbonyl (C=O) groups is 1. The van der Waals surface area contributed by atoms with E-state index in [2.05, 4.69) is 20.0 Å². The van der Waals surface area contributed by atoms with E-state index in [0.29, 0.717) is 29.5 Å². The Labute approximate surface area is 117 Å². The fraction of sp³-hybridized carbons (Fsp3) is 0.500. The van der Waals surface area contributed by atoms with Gasteiger partial charge in [0, 0.05) is 31.9 Å². The molecule has 1 atom stereocenters. The van der Waals surface area contributed by atoms with Crippen molar-refractivity contribution in [3.63, 3.8) is 0 Å². The van der Waals surface area contributed by atoms with Crippen LogP contribution in [0.4, 0.5) is 0 Å². The molecule has 20 heavy (non-hydrogen) atoms. The summed E-state index contributed by atoms with van der Waals surface area (Å²) in [5.74, 6) is 2.01. The number of aryl methyl sites for hydroxylation is 3. The van der Waals surface area contributed by atoms with Crippen molar-refractivity contribution in [3.8, 4) is 0 Å². The van der Waals surface area contributed by atoms with Gasteiger partial charge in [-0.15, -0.1) is 0 Å². The first kappa shape index (κ1) is 12.9. The molecule has 0 fully saturated rings. The summed E-state index contributed by atoms with van der Waals surface area (Å²) >= 11 is 0. The minimum atomic E-state index is -0.102. The van der Waals surface area contributed by atoms with Crippen LogP contribution in [0.3, 0.4) is 0 Å². The SMILES string of the molecule is Cc1noc(C)c1C(=O)NC[C@H]1CCn2ccnc2C1. The van der Waals surface area contributed by atoms with E-state index >= 15 is 0 Å². The van der Waals surface area contributed by atoms with Gasteiger partial charge in [0.1, 0.15) is 17.1 Å². The Balaban J connectivity index is 1.60. The molecular formula is C14H18N4O2. The van der Waals surface area contributed by atoms with Crippen molar-refractivity contribution in [3.05, 3.63) is 35.2 Å². The number of nitrogens with zero attached hydrogens (tertiary/aromatic N) is 3. The Morgan fingerprint density at radius 1 is 1.55 bits per heavy atom. The highest BCUT2D eigenvalue weighted by Gasteiger charge is 2.22. The van der Waals surface area contributed by atoms with E-state index in [1.54, 1.807) is 13.8 Å². The molecule has 2 aromatic heterocycles. The third-order valence-electron chi connectivity index (χ3n) is 3.86. The number of fused-ring (bicyclic) bond motifs is 1. The van der Waals surface area contributed by atoms with Gasteiger partial charge in [0.05, 0.1) is 5.69 Å². The zero-order valence-electron chi connectivity index (χ0n) is 11.7. The summed E-state index contributed by atoms with van der Waals surface area (Å²) in [6.07, 6.45) is 5.81. The summed E-state index contributed by atoms with van der Waals surface area (Å²) in [6, 6.07) is 0. The van der Waals surface area contributed by atoms with Crippen LogP contribution in [-0.2, 0) is 13.0 Å². The molecule has 1 N–H and O–H groups in total. The zero-order chi connectivity index (χ0) is 14.1. The maximum absolute atomic E-state index is 12.2. The molecule has 0 aromatic carbocycles. The molecule has 1 amide bonds. The Hall–Kier alpha value is -2.11. The van der Waals surface area contributed by atoms with E-state index in [9.17, 15) is 4.79 Å². The summed E-state index contributed by atoms with van der Waals surface area (Å²) in [7, 11) is 0. The molecule has 1 aliphatic rings. The molecule has 0 saturated carbocycles. The van der Waals surface area contributed by atoms with E-state index in [0.717, 1.165) is 25.2 Å². The summed E-state index contributed by atoms with van der Waals surface area (Å²) in [5.41, 5.74) is 1.20. The molecule has 0 radical (unpaired) electrons. The lowest BCUT2D eigenvalue weighted by Crippen LogP contribution is -2.33. The van der Waals surface area contributed by atoms with E-state index < -0.39 is 0 Å². The molecular weight excluding hydrogens is 256 g/mol.